The van der Waals surface area contributed by atoms with Crippen molar-refractivity contribution in [1.82, 2.24) is 0 Å². The van der Waals surface area contributed by atoms with Crippen molar-refractivity contribution >= 4 is 12.0 Å². The summed E-state index contributed by atoms with van der Waals surface area (Å²) in [6, 6.07) is 1.62. The first-order chi connectivity index (χ1) is 14.8. The smallest absolute Gasteiger partial charge is 0.475 e. The lowest BCUT2D eigenvalue weighted by atomic mass is 9.99. The van der Waals surface area contributed by atoms with Gasteiger partial charge in [0.15, 0.2) is 0 Å². The van der Waals surface area contributed by atoms with E-state index in [2.05, 4.69) is 9.57 Å². The lowest BCUT2D eigenvalue weighted by Gasteiger charge is -2.29. The number of alkyl halides is 6. The lowest BCUT2D eigenvalue weighted by molar-refractivity contribution is -0.758. The molecule has 0 unspecified atom stereocenters. The molecule has 0 aromatic heterocycles. The molecule has 1 aliphatic rings. The predicted octanol–water partition coefficient (Wildman–Crippen LogP) is 3.37. The highest BCUT2D eigenvalue weighted by Crippen LogP contribution is 2.41. The van der Waals surface area contributed by atoms with Crippen LogP contribution in [0.5, 0.6) is 11.5 Å². The molecule has 0 amide bonds. The van der Waals surface area contributed by atoms with Crippen LogP contribution in [0, 0.1) is 17.0 Å². The zero-order valence-corrected chi connectivity index (χ0v) is 16.1. The molecule has 1 aromatic carbocycles. The molecule has 0 fully saturated rings. The SMILES string of the molecule is Cc1cc(OC(F)(F)F)cc2c1O[C@H](C(F)(F)F)C(C(=O)OCCOCCO[N+](=O)[O-])=C2. The molecule has 0 saturated heterocycles. The van der Waals surface area contributed by atoms with Crippen LogP contribution in [0.3, 0.4) is 0 Å². The summed E-state index contributed by atoms with van der Waals surface area (Å²) in [6.07, 6.45) is -12.1. The van der Waals surface area contributed by atoms with Gasteiger partial charge in [-0.05, 0) is 30.7 Å². The van der Waals surface area contributed by atoms with Crippen LogP contribution in [0.25, 0.3) is 6.08 Å². The number of ether oxygens (including phenoxy) is 4. The molecule has 15 heteroatoms. The highest BCUT2D eigenvalue weighted by molar-refractivity contribution is 5.96. The van der Waals surface area contributed by atoms with E-state index in [4.69, 9.17) is 14.2 Å². The van der Waals surface area contributed by atoms with Crippen LogP contribution in [-0.2, 0) is 19.1 Å². The third-order valence-corrected chi connectivity index (χ3v) is 3.76. The molecule has 1 atom stereocenters. The van der Waals surface area contributed by atoms with Crippen molar-refractivity contribution in [3.63, 3.8) is 0 Å². The predicted molar refractivity (Wildman–Crippen MR) is 91.0 cm³/mol. The first kappa shape index (κ1) is 25.0. The van der Waals surface area contributed by atoms with Crippen LogP contribution in [0.1, 0.15) is 11.1 Å². The Morgan fingerprint density at radius 1 is 1.12 bits per heavy atom. The number of fused-ring (bicyclic) bond motifs is 1. The quantitative estimate of drug-likeness (QED) is 0.176. The van der Waals surface area contributed by atoms with Crippen molar-refractivity contribution in [2.24, 2.45) is 0 Å². The number of hydrogen-bond acceptors (Lipinski definition) is 8. The monoisotopic (exact) mass is 475 g/mol. The molecule has 1 heterocycles. The normalized spacial score (nSPS) is 15.8. The van der Waals surface area contributed by atoms with E-state index in [9.17, 15) is 41.3 Å². The van der Waals surface area contributed by atoms with Crippen molar-refractivity contribution in [2.75, 3.05) is 26.4 Å². The van der Waals surface area contributed by atoms with Gasteiger partial charge in [0.1, 0.15) is 24.7 Å². The highest BCUT2D eigenvalue weighted by atomic mass is 19.4. The van der Waals surface area contributed by atoms with Crippen molar-refractivity contribution in [1.29, 1.82) is 0 Å². The molecule has 0 N–H and O–H groups in total. The molecule has 9 nitrogen and oxygen atoms in total. The van der Waals surface area contributed by atoms with Gasteiger partial charge in [-0.25, -0.2) is 4.79 Å². The summed E-state index contributed by atoms with van der Waals surface area (Å²) in [4.78, 5) is 26.1. The van der Waals surface area contributed by atoms with E-state index in [0.717, 1.165) is 12.1 Å². The van der Waals surface area contributed by atoms with Gasteiger partial charge in [0.25, 0.3) is 5.09 Å². The molecule has 0 saturated carbocycles. The third-order valence-electron chi connectivity index (χ3n) is 3.76. The zero-order valence-electron chi connectivity index (χ0n) is 16.1. The van der Waals surface area contributed by atoms with E-state index in [1.54, 1.807) is 0 Å². The van der Waals surface area contributed by atoms with Crippen LogP contribution >= 0.6 is 0 Å². The van der Waals surface area contributed by atoms with Gasteiger partial charge in [-0.2, -0.15) is 13.2 Å². The first-order valence-corrected chi connectivity index (χ1v) is 8.65. The number of aryl methyl sites for hydroxylation is 1. The summed E-state index contributed by atoms with van der Waals surface area (Å²) < 4.78 is 95.9. The topological polar surface area (TPSA) is 106 Å². The van der Waals surface area contributed by atoms with Gasteiger partial charge in [0.05, 0.1) is 18.8 Å². The summed E-state index contributed by atoms with van der Waals surface area (Å²) in [5.74, 6) is -2.52. The maximum atomic E-state index is 13.4. The zero-order chi connectivity index (χ0) is 24.1. The maximum Gasteiger partial charge on any atom is 0.573 e. The van der Waals surface area contributed by atoms with Crippen molar-refractivity contribution in [3.8, 4) is 11.5 Å². The second kappa shape index (κ2) is 9.93. The van der Waals surface area contributed by atoms with E-state index < -0.39 is 54.2 Å². The van der Waals surface area contributed by atoms with Gasteiger partial charge in [-0.3, -0.25) is 0 Å². The molecule has 32 heavy (non-hydrogen) atoms. The Bertz CT molecular complexity index is 883. The number of hydrogen-bond donors (Lipinski definition) is 0. The molecule has 1 aliphatic heterocycles. The summed E-state index contributed by atoms with van der Waals surface area (Å²) in [5, 5.41) is 8.89. The van der Waals surface area contributed by atoms with Gasteiger partial charge >= 0.3 is 18.5 Å². The second-order valence-electron chi connectivity index (χ2n) is 6.15. The summed E-state index contributed by atoms with van der Waals surface area (Å²) in [7, 11) is 0. The fraction of sp³-hybridized carbons (Fsp3) is 0.471. The van der Waals surface area contributed by atoms with Gasteiger partial charge < -0.3 is 23.8 Å². The fourth-order valence-electron chi connectivity index (χ4n) is 2.61. The first-order valence-electron chi connectivity index (χ1n) is 8.65. The van der Waals surface area contributed by atoms with Crippen LogP contribution in [0.2, 0.25) is 0 Å². The average Bonchev–Trinajstić information content (AvgIpc) is 2.63. The van der Waals surface area contributed by atoms with Crippen LogP contribution in [0.4, 0.5) is 26.3 Å². The minimum atomic E-state index is -5.04. The average molecular weight is 475 g/mol. The Balaban J connectivity index is 2.15. The molecule has 0 spiro atoms. The summed E-state index contributed by atoms with van der Waals surface area (Å²) in [5.41, 5.74) is -1.32. The number of benzene rings is 1. The number of carbonyl (C=O) groups is 1. The highest BCUT2D eigenvalue weighted by Gasteiger charge is 2.49. The van der Waals surface area contributed by atoms with Crippen molar-refractivity contribution < 1.29 is 60.0 Å². The van der Waals surface area contributed by atoms with Gasteiger partial charge in [-0.15, -0.1) is 23.3 Å². The Morgan fingerprint density at radius 2 is 1.78 bits per heavy atom. The number of esters is 1. The number of carbonyl (C=O) groups excluding carboxylic acids is 1. The van der Waals surface area contributed by atoms with E-state index >= 15 is 0 Å². The molecule has 0 bridgehead atoms. The van der Waals surface area contributed by atoms with Crippen molar-refractivity contribution in [2.45, 2.75) is 25.6 Å². The summed E-state index contributed by atoms with van der Waals surface area (Å²) >= 11 is 0. The molecule has 178 valence electrons. The minimum Gasteiger partial charge on any atom is -0.475 e. The molecular formula is C17H15F6NO8. The van der Waals surface area contributed by atoms with Gasteiger partial charge in [-0.1, -0.05) is 0 Å². The van der Waals surface area contributed by atoms with E-state index in [1.807, 2.05) is 0 Å². The minimum absolute atomic E-state index is 0.0787. The molecule has 0 aliphatic carbocycles. The fourth-order valence-corrected chi connectivity index (χ4v) is 2.61. The van der Waals surface area contributed by atoms with Crippen LogP contribution < -0.4 is 9.47 Å². The molecular weight excluding hydrogens is 460 g/mol. The van der Waals surface area contributed by atoms with Crippen molar-refractivity contribution in [3.05, 3.63) is 38.9 Å². The van der Waals surface area contributed by atoms with Crippen LogP contribution in [-0.4, -0.2) is 56.1 Å². The number of halogens is 6. The Labute approximate surface area is 175 Å². The molecule has 2 rings (SSSR count). The molecule has 1 aromatic rings. The van der Waals surface area contributed by atoms with E-state index in [0.29, 0.717) is 6.08 Å². The number of rotatable bonds is 9. The lowest BCUT2D eigenvalue weighted by Crippen LogP contribution is -2.41. The van der Waals surface area contributed by atoms with E-state index in [-0.39, 0.29) is 30.1 Å². The Hall–Kier alpha value is -3.23. The van der Waals surface area contributed by atoms with Crippen LogP contribution in [0.15, 0.2) is 17.7 Å². The standard InChI is InChI=1S/C17H15F6NO8/c1-9-6-11(32-17(21,22)23)7-10-8-12(14(16(18,19)20)31-13(9)10)15(25)29-4-2-28-3-5-30-24(26)27/h6-8,14H,2-5H2,1H3/t14-/m0/s1. The van der Waals surface area contributed by atoms with Gasteiger partial charge in [0.2, 0.25) is 6.10 Å². The largest absolute Gasteiger partial charge is 0.573 e. The third kappa shape index (κ3) is 7.18. The Morgan fingerprint density at radius 3 is 2.38 bits per heavy atom. The Kier molecular flexibility index (Phi) is 7.77. The number of nitrogens with zero attached hydrogens (tertiary/aromatic N) is 1. The maximum absolute atomic E-state index is 13.4. The second-order valence-corrected chi connectivity index (χ2v) is 6.15. The molecule has 0 radical (unpaired) electrons. The van der Waals surface area contributed by atoms with E-state index in [1.165, 1.54) is 6.92 Å². The summed E-state index contributed by atoms with van der Waals surface area (Å²) in [6.45, 7) is -0.259. The van der Waals surface area contributed by atoms with Gasteiger partial charge in [0, 0.05) is 5.56 Å².